The third kappa shape index (κ3) is 4.24. The predicted octanol–water partition coefficient (Wildman–Crippen LogP) is 1.94. The molecule has 1 saturated carbocycles. The van der Waals surface area contributed by atoms with Gasteiger partial charge in [-0.15, -0.1) is 0 Å². The Bertz CT molecular complexity index is 348. The molecule has 0 aromatic rings. The normalized spacial score (nSPS) is 18.9. The molecule has 0 saturated heterocycles. The fourth-order valence-corrected chi connectivity index (χ4v) is 2.22. The maximum atomic E-state index is 11.8. The van der Waals surface area contributed by atoms with Crippen LogP contribution in [0.4, 0.5) is 0 Å². The summed E-state index contributed by atoms with van der Waals surface area (Å²) in [5.74, 6) is -0.764. The van der Waals surface area contributed by atoms with Gasteiger partial charge in [-0.2, -0.15) is 4.79 Å². The van der Waals surface area contributed by atoms with E-state index in [1.807, 2.05) is 0 Å². The lowest BCUT2D eigenvalue weighted by molar-refractivity contribution is -0.153. The van der Waals surface area contributed by atoms with Crippen molar-refractivity contribution in [2.24, 2.45) is 5.92 Å². The van der Waals surface area contributed by atoms with Crippen molar-refractivity contribution in [2.75, 3.05) is 0 Å². The van der Waals surface area contributed by atoms with Gasteiger partial charge < -0.3 is 15.4 Å². The van der Waals surface area contributed by atoms with Crippen LogP contribution in [0.2, 0.25) is 0 Å². The molecule has 1 aliphatic rings. The second kappa shape index (κ2) is 6.12. The maximum Gasteiger partial charge on any atom is 0.420 e. The van der Waals surface area contributed by atoms with Crippen LogP contribution in [-0.2, 0) is 9.53 Å². The first-order valence-corrected chi connectivity index (χ1v) is 6.48. The third-order valence-corrected chi connectivity index (χ3v) is 3.09. The fourth-order valence-electron chi connectivity index (χ4n) is 2.22. The van der Waals surface area contributed by atoms with E-state index in [4.69, 9.17) is 10.3 Å². The molecule has 18 heavy (non-hydrogen) atoms. The van der Waals surface area contributed by atoms with Crippen molar-refractivity contribution in [1.29, 1.82) is 0 Å². The minimum atomic E-state index is -1.04. The Morgan fingerprint density at radius 1 is 1.33 bits per heavy atom. The molecule has 0 spiro atoms. The molecule has 1 rings (SSSR count). The number of aliphatic hydroxyl groups is 1. The first-order valence-electron chi connectivity index (χ1n) is 6.48. The molecule has 0 aliphatic heterocycles. The molecule has 0 heterocycles. The van der Waals surface area contributed by atoms with E-state index in [0.717, 1.165) is 32.1 Å². The fraction of sp³-hybridized carbons (Fsp3) is 0.846. The molecule has 0 unspecified atom stereocenters. The first-order chi connectivity index (χ1) is 8.35. The van der Waals surface area contributed by atoms with Gasteiger partial charge >= 0.3 is 11.7 Å². The molecule has 0 aromatic heterocycles. The van der Waals surface area contributed by atoms with Crippen molar-refractivity contribution in [3.63, 3.8) is 0 Å². The van der Waals surface area contributed by atoms with Crippen molar-refractivity contribution < 1.29 is 19.4 Å². The Morgan fingerprint density at radius 3 is 2.33 bits per heavy atom. The summed E-state index contributed by atoms with van der Waals surface area (Å²) in [6.07, 6.45) is 3.89. The molecule has 5 nitrogen and oxygen atoms in total. The zero-order valence-corrected chi connectivity index (χ0v) is 11.3. The van der Waals surface area contributed by atoms with Gasteiger partial charge in [-0.3, -0.25) is 0 Å². The monoisotopic (exact) mass is 254 g/mol. The quantitative estimate of drug-likeness (QED) is 0.361. The van der Waals surface area contributed by atoms with Crippen LogP contribution >= 0.6 is 0 Å². The summed E-state index contributed by atoms with van der Waals surface area (Å²) in [4.78, 5) is 14.7. The van der Waals surface area contributed by atoms with E-state index < -0.39 is 17.7 Å². The number of nitrogens with zero attached hydrogens (tertiary/aromatic N) is 2. The molecule has 5 heteroatoms. The number of esters is 1. The van der Waals surface area contributed by atoms with Crippen LogP contribution in [0.25, 0.3) is 5.53 Å². The average Bonchev–Trinajstić information content (AvgIpc) is 2.28. The number of hydrogen-bond acceptors (Lipinski definition) is 3. The van der Waals surface area contributed by atoms with Gasteiger partial charge in [0.25, 0.3) is 0 Å². The van der Waals surface area contributed by atoms with Crippen LogP contribution in [-0.4, -0.2) is 33.3 Å². The highest BCUT2D eigenvalue weighted by molar-refractivity contribution is 6.35. The number of ether oxygens (including phenoxy) is 1. The molecule has 1 aliphatic carbocycles. The number of rotatable bonds is 3. The average molecular weight is 254 g/mol. The van der Waals surface area contributed by atoms with Gasteiger partial charge in [-0.05, 0) is 39.5 Å². The lowest BCUT2D eigenvalue weighted by atomic mass is 9.83. The summed E-state index contributed by atoms with van der Waals surface area (Å²) < 4.78 is 5.11. The van der Waals surface area contributed by atoms with Crippen LogP contribution in [0.5, 0.6) is 0 Å². The highest BCUT2D eigenvalue weighted by atomic mass is 16.6. The lowest BCUT2D eigenvalue weighted by Gasteiger charge is -2.24. The van der Waals surface area contributed by atoms with Gasteiger partial charge in [0.2, 0.25) is 0 Å². The van der Waals surface area contributed by atoms with Crippen molar-refractivity contribution in [3.8, 4) is 0 Å². The summed E-state index contributed by atoms with van der Waals surface area (Å²) in [6.45, 7) is 5.19. The molecule has 1 N–H and O–H groups in total. The summed E-state index contributed by atoms with van der Waals surface area (Å²) >= 11 is 0. The zero-order chi connectivity index (χ0) is 13.8. The van der Waals surface area contributed by atoms with E-state index in [0.29, 0.717) is 0 Å². The molecule has 1 fully saturated rings. The molecule has 102 valence electrons. The van der Waals surface area contributed by atoms with E-state index in [1.165, 1.54) is 0 Å². The molecular weight excluding hydrogens is 232 g/mol. The Balaban J connectivity index is 2.71. The van der Waals surface area contributed by atoms with Gasteiger partial charge in [0, 0.05) is 0 Å². The van der Waals surface area contributed by atoms with Gasteiger partial charge in [0.1, 0.15) is 5.60 Å². The minimum Gasteiger partial charge on any atom is -0.451 e. The van der Waals surface area contributed by atoms with Crippen molar-refractivity contribution in [1.82, 2.24) is 0 Å². The van der Waals surface area contributed by atoms with Gasteiger partial charge in [-0.1, -0.05) is 19.3 Å². The Hall–Kier alpha value is -1.19. The molecule has 0 radical (unpaired) electrons. The summed E-state index contributed by atoms with van der Waals surface area (Å²) in [5.41, 5.74) is 7.97. The Kier molecular flexibility index (Phi) is 5.05. The standard InChI is InChI=1S/C13H22N2O3/c1-13(2,3)18-12(17)10(15-14)11(16)9-7-5-4-6-8-9/h9,11,16H,4-8H2,1-3H3/t11-/m1/s1. The van der Waals surface area contributed by atoms with Crippen LogP contribution in [0.15, 0.2) is 0 Å². The molecule has 1 atom stereocenters. The third-order valence-electron chi connectivity index (χ3n) is 3.09. The van der Waals surface area contributed by atoms with E-state index in [-0.39, 0.29) is 11.6 Å². The van der Waals surface area contributed by atoms with Crippen LogP contribution < -0.4 is 0 Å². The largest absolute Gasteiger partial charge is 0.451 e. The molecule has 0 aromatic carbocycles. The summed E-state index contributed by atoms with van der Waals surface area (Å²) in [5, 5.41) is 10.1. The number of carbonyl (C=O) groups is 1. The van der Waals surface area contributed by atoms with Crippen molar-refractivity contribution in [3.05, 3.63) is 5.53 Å². The van der Waals surface area contributed by atoms with E-state index in [1.54, 1.807) is 20.8 Å². The topological polar surface area (TPSA) is 82.9 Å². The zero-order valence-electron chi connectivity index (χ0n) is 11.3. The summed E-state index contributed by atoms with van der Waals surface area (Å²) in [6, 6.07) is 0. The highest BCUT2D eigenvalue weighted by Crippen LogP contribution is 2.27. The second-order valence-electron chi connectivity index (χ2n) is 5.83. The van der Waals surface area contributed by atoms with Crippen molar-refractivity contribution in [2.45, 2.75) is 64.6 Å². The summed E-state index contributed by atoms with van der Waals surface area (Å²) in [7, 11) is 0. The highest BCUT2D eigenvalue weighted by Gasteiger charge is 2.39. The van der Waals surface area contributed by atoms with E-state index >= 15 is 0 Å². The van der Waals surface area contributed by atoms with E-state index in [2.05, 4.69) is 4.79 Å². The first kappa shape index (κ1) is 14.9. The number of hydrogen-bond donors (Lipinski definition) is 1. The van der Waals surface area contributed by atoms with Crippen molar-refractivity contribution >= 4 is 11.7 Å². The number of aliphatic hydroxyl groups excluding tert-OH is 1. The van der Waals surface area contributed by atoms with Gasteiger partial charge in [0.05, 0.1) is 0 Å². The smallest absolute Gasteiger partial charge is 0.420 e. The van der Waals surface area contributed by atoms with Gasteiger partial charge in [-0.25, -0.2) is 4.79 Å². The number of carbonyl (C=O) groups excluding carboxylic acids is 1. The van der Waals surface area contributed by atoms with E-state index in [9.17, 15) is 9.90 Å². The Labute approximate surface area is 108 Å². The predicted molar refractivity (Wildman–Crippen MR) is 67.1 cm³/mol. The second-order valence-corrected chi connectivity index (χ2v) is 5.83. The minimum absolute atomic E-state index is 0.0165. The molecule has 0 amide bonds. The molecule has 0 bridgehead atoms. The van der Waals surface area contributed by atoms with Gasteiger partial charge in [0.15, 0.2) is 6.10 Å². The molecular formula is C13H22N2O3. The SMILES string of the molecule is CC(C)(C)OC(=O)C(=[N+]=[N-])[C@H](O)C1CCCCC1. The lowest BCUT2D eigenvalue weighted by Crippen LogP contribution is -2.40. The maximum absolute atomic E-state index is 11.8. The van der Waals surface area contributed by atoms with Crippen LogP contribution in [0, 0.1) is 5.92 Å². The Morgan fingerprint density at radius 2 is 1.89 bits per heavy atom. The van der Waals surface area contributed by atoms with Crippen LogP contribution in [0.1, 0.15) is 52.9 Å². The van der Waals surface area contributed by atoms with Crippen LogP contribution in [0.3, 0.4) is 0 Å².